The van der Waals surface area contributed by atoms with Crippen LogP contribution in [0.25, 0.3) is 0 Å². The Bertz CT molecular complexity index is 1030. The molecule has 2 atom stereocenters. The molecule has 5 nitrogen and oxygen atoms in total. The van der Waals surface area contributed by atoms with E-state index in [0.717, 1.165) is 43.2 Å². The van der Waals surface area contributed by atoms with E-state index in [-0.39, 0.29) is 23.7 Å². The third-order valence-electron chi connectivity index (χ3n) is 7.39. The maximum Gasteiger partial charge on any atom is 0.337 e. The van der Waals surface area contributed by atoms with Crippen molar-refractivity contribution in [2.24, 2.45) is 0 Å². The number of ether oxygens (including phenoxy) is 1. The van der Waals surface area contributed by atoms with Gasteiger partial charge in [0, 0.05) is 18.4 Å². The first kappa shape index (κ1) is 24.1. The van der Waals surface area contributed by atoms with Gasteiger partial charge in [-0.25, -0.2) is 9.18 Å². The van der Waals surface area contributed by atoms with Crippen molar-refractivity contribution in [3.63, 3.8) is 0 Å². The molecule has 1 unspecified atom stereocenters. The Morgan fingerprint density at radius 2 is 1.85 bits per heavy atom. The van der Waals surface area contributed by atoms with E-state index in [2.05, 4.69) is 0 Å². The van der Waals surface area contributed by atoms with Crippen LogP contribution >= 0.6 is 0 Å². The van der Waals surface area contributed by atoms with Crippen LogP contribution in [0, 0.1) is 5.82 Å². The summed E-state index contributed by atoms with van der Waals surface area (Å²) in [4.78, 5) is 26.0. The van der Waals surface area contributed by atoms with Crippen LogP contribution in [-0.4, -0.2) is 47.7 Å². The van der Waals surface area contributed by atoms with E-state index >= 15 is 0 Å². The molecule has 0 bridgehead atoms. The zero-order chi connectivity index (χ0) is 24.1. The molecule has 34 heavy (non-hydrogen) atoms. The van der Waals surface area contributed by atoms with E-state index in [4.69, 9.17) is 4.74 Å². The molecule has 6 heteroatoms. The summed E-state index contributed by atoms with van der Waals surface area (Å²) in [6, 6.07) is 13.7. The van der Waals surface area contributed by atoms with E-state index in [1.54, 1.807) is 24.3 Å². The molecule has 1 heterocycles. The second kappa shape index (κ2) is 10.5. The minimum absolute atomic E-state index is 0.0526. The molecule has 0 spiro atoms. The van der Waals surface area contributed by atoms with Gasteiger partial charge in [0.1, 0.15) is 5.82 Å². The number of aliphatic hydroxyl groups excluding tert-OH is 1. The highest BCUT2D eigenvalue weighted by Crippen LogP contribution is 2.44. The molecule has 2 aromatic rings. The lowest BCUT2D eigenvalue weighted by atomic mass is 9.74. The maximum absolute atomic E-state index is 13.5. The van der Waals surface area contributed by atoms with Gasteiger partial charge in [0.25, 0.3) is 0 Å². The van der Waals surface area contributed by atoms with E-state index < -0.39 is 11.5 Å². The molecule has 1 aliphatic heterocycles. The number of carbonyl (C=O) groups excluding carboxylic acids is 2. The number of methoxy groups -OCH3 is 1. The quantitative estimate of drug-likeness (QED) is 0.458. The van der Waals surface area contributed by atoms with Crippen LogP contribution in [0.5, 0.6) is 0 Å². The Morgan fingerprint density at radius 1 is 1.18 bits per heavy atom. The molecule has 2 aromatic carbocycles. The van der Waals surface area contributed by atoms with Crippen molar-refractivity contribution in [1.82, 2.24) is 4.90 Å². The molecule has 1 saturated carbocycles. The lowest BCUT2D eigenvalue weighted by Crippen LogP contribution is -2.37. The summed E-state index contributed by atoms with van der Waals surface area (Å²) in [5.41, 5.74) is 2.11. The van der Waals surface area contributed by atoms with E-state index in [1.807, 2.05) is 29.2 Å². The number of nitrogens with zero attached hydrogens (tertiary/aromatic N) is 1. The van der Waals surface area contributed by atoms with Gasteiger partial charge in [0.2, 0.25) is 5.91 Å². The fraction of sp³-hybridized carbons (Fsp3) is 0.429. The Labute approximate surface area is 200 Å². The molecule has 4 rings (SSSR count). The number of halogens is 1. The smallest absolute Gasteiger partial charge is 0.337 e. The van der Waals surface area contributed by atoms with Crippen molar-refractivity contribution in [3.05, 3.63) is 83.2 Å². The number of rotatable bonds is 8. The number of aliphatic hydroxyl groups is 1. The number of carbonyl (C=O) groups is 2. The summed E-state index contributed by atoms with van der Waals surface area (Å²) in [6.07, 6.45) is 8.81. The monoisotopic (exact) mass is 465 g/mol. The number of esters is 1. The highest BCUT2D eigenvalue weighted by Gasteiger charge is 2.41. The minimum atomic E-state index is -0.691. The fourth-order valence-electron chi connectivity index (χ4n) is 5.38. The summed E-state index contributed by atoms with van der Waals surface area (Å²) >= 11 is 0. The topological polar surface area (TPSA) is 66.8 Å². The lowest BCUT2D eigenvalue weighted by Gasteiger charge is -2.34. The third kappa shape index (κ3) is 5.07. The molecule has 1 N–H and O–H groups in total. The molecule has 0 radical (unpaired) electrons. The molecule has 1 amide bonds. The van der Waals surface area contributed by atoms with Crippen molar-refractivity contribution in [2.75, 3.05) is 13.7 Å². The number of benzene rings is 2. The molecule has 180 valence electrons. The van der Waals surface area contributed by atoms with Crippen molar-refractivity contribution < 1.29 is 23.8 Å². The second-order valence-electron chi connectivity index (χ2n) is 9.33. The van der Waals surface area contributed by atoms with Gasteiger partial charge >= 0.3 is 5.97 Å². The standard InChI is InChI=1S/C28H32FNO4/c1-34-27(33)21-6-4-20(5-7-21)16-19-30-24(13-15-26(30)32)12-14-25(31)28(17-2-3-18-28)22-8-10-23(29)11-9-22/h4-12,14,24-25,31H,2-3,13,15-19H2,1H3/b14-12+/t24-,25?/m0/s1. The number of amides is 1. The molecule has 1 saturated heterocycles. The largest absolute Gasteiger partial charge is 0.465 e. The van der Waals surface area contributed by atoms with Gasteiger partial charge in [-0.1, -0.05) is 49.3 Å². The minimum Gasteiger partial charge on any atom is -0.465 e. The summed E-state index contributed by atoms with van der Waals surface area (Å²) in [5.74, 6) is -0.530. The Morgan fingerprint density at radius 3 is 2.50 bits per heavy atom. The first-order valence-electron chi connectivity index (χ1n) is 12.0. The molecule has 0 aromatic heterocycles. The predicted molar refractivity (Wildman–Crippen MR) is 128 cm³/mol. The third-order valence-corrected chi connectivity index (χ3v) is 7.39. The first-order valence-corrected chi connectivity index (χ1v) is 12.0. The van der Waals surface area contributed by atoms with Gasteiger partial charge in [0.05, 0.1) is 24.8 Å². The molecule has 2 aliphatic rings. The van der Waals surface area contributed by atoms with Crippen LogP contribution in [0.3, 0.4) is 0 Å². The molecular weight excluding hydrogens is 433 g/mol. The Balaban J connectivity index is 1.42. The Kier molecular flexibility index (Phi) is 7.47. The fourth-order valence-corrected chi connectivity index (χ4v) is 5.38. The summed E-state index contributed by atoms with van der Waals surface area (Å²) in [5, 5.41) is 11.2. The van der Waals surface area contributed by atoms with Gasteiger partial charge in [-0.15, -0.1) is 0 Å². The maximum atomic E-state index is 13.5. The molecule has 2 fully saturated rings. The van der Waals surface area contributed by atoms with E-state index in [0.29, 0.717) is 24.9 Å². The van der Waals surface area contributed by atoms with Crippen LogP contribution in [0.1, 0.15) is 60.0 Å². The molecule has 1 aliphatic carbocycles. The van der Waals surface area contributed by atoms with Crippen LogP contribution in [0.2, 0.25) is 0 Å². The number of likely N-dealkylation sites (tertiary alicyclic amines) is 1. The van der Waals surface area contributed by atoms with Crippen LogP contribution in [-0.2, 0) is 21.4 Å². The van der Waals surface area contributed by atoms with Crippen molar-refractivity contribution in [3.8, 4) is 0 Å². The van der Waals surface area contributed by atoms with Gasteiger partial charge in [-0.2, -0.15) is 0 Å². The predicted octanol–water partition coefficient (Wildman–Crippen LogP) is 4.57. The van der Waals surface area contributed by atoms with E-state index in [1.165, 1.54) is 19.2 Å². The Hall–Kier alpha value is -2.99. The van der Waals surface area contributed by atoms with Gasteiger partial charge in [-0.05, 0) is 61.1 Å². The average molecular weight is 466 g/mol. The van der Waals surface area contributed by atoms with Gasteiger partial charge in [-0.3, -0.25) is 4.79 Å². The summed E-state index contributed by atoms with van der Waals surface area (Å²) in [7, 11) is 1.36. The zero-order valence-corrected chi connectivity index (χ0v) is 19.6. The number of hydrogen-bond acceptors (Lipinski definition) is 4. The van der Waals surface area contributed by atoms with Crippen LogP contribution in [0.4, 0.5) is 4.39 Å². The summed E-state index contributed by atoms with van der Waals surface area (Å²) in [6.45, 7) is 0.574. The second-order valence-corrected chi connectivity index (χ2v) is 9.33. The first-order chi connectivity index (χ1) is 16.4. The average Bonchev–Trinajstić information content (AvgIpc) is 3.49. The summed E-state index contributed by atoms with van der Waals surface area (Å²) < 4.78 is 18.2. The van der Waals surface area contributed by atoms with E-state index in [9.17, 15) is 19.1 Å². The zero-order valence-electron chi connectivity index (χ0n) is 19.6. The van der Waals surface area contributed by atoms with Crippen molar-refractivity contribution in [1.29, 1.82) is 0 Å². The van der Waals surface area contributed by atoms with Crippen molar-refractivity contribution in [2.45, 2.75) is 62.5 Å². The normalized spacial score (nSPS) is 20.7. The SMILES string of the molecule is COC(=O)c1ccc(CCN2C(=O)CC[C@@H]2/C=C/C(O)C2(c3ccc(F)cc3)CCCC2)cc1. The van der Waals surface area contributed by atoms with Gasteiger partial charge in [0.15, 0.2) is 0 Å². The highest BCUT2D eigenvalue weighted by atomic mass is 19.1. The van der Waals surface area contributed by atoms with Crippen molar-refractivity contribution >= 4 is 11.9 Å². The molecular formula is C28H32FNO4. The van der Waals surface area contributed by atoms with Gasteiger partial charge < -0.3 is 14.7 Å². The lowest BCUT2D eigenvalue weighted by molar-refractivity contribution is -0.128. The highest BCUT2D eigenvalue weighted by molar-refractivity contribution is 5.89. The van der Waals surface area contributed by atoms with Crippen LogP contribution < -0.4 is 0 Å². The number of hydrogen-bond donors (Lipinski definition) is 1. The van der Waals surface area contributed by atoms with Crippen LogP contribution in [0.15, 0.2) is 60.7 Å².